The van der Waals surface area contributed by atoms with Crippen molar-refractivity contribution in [2.75, 3.05) is 24.1 Å². The summed E-state index contributed by atoms with van der Waals surface area (Å²) < 4.78 is 0. The van der Waals surface area contributed by atoms with Crippen LogP contribution in [0.25, 0.3) is 22.0 Å². The average molecular weight is 320 g/mol. The summed E-state index contributed by atoms with van der Waals surface area (Å²) in [7, 11) is 0. The highest BCUT2D eigenvalue weighted by Gasteiger charge is 2.15. The topological polar surface area (TPSA) is 88.8 Å². The number of anilines is 2. The van der Waals surface area contributed by atoms with Gasteiger partial charge in [0, 0.05) is 42.1 Å². The summed E-state index contributed by atoms with van der Waals surface area (Å²) in [6.07, 6.45) is 6.51. The molecule has 4 rings (SSSR count). The molecule has 1 saturated heterocycles. The van der Waals surface area contributed by atoms with Crippen molar-refractivity contribution in [1.82, 2.24) is 20.3 Å². The van der Waals surface area contributed by atoms with Crippen molar-refractivity contribution in [1.29, 1.82) is 0 Å². The van der Waals surface area contributed by atoms with Crippen LogP contribution < -0.4 is 16.4 Å². The predicted octanol–water partition coefficient (Wildman–Crippen LogP) is 2.36. The fraction of sp³-hybridized carbons (Fsp3) is 0.278. The molecule has 0 aliphatic carbocycles. The molecule has 3 aromatic heterocycles. The number of fused-ring (bicyclic) bond motifs is 1. The van der Waals surface area contributed by atoms with Gasteiger partial charge in [-0.25, -0.2) is 9.97 Å². The van der Waals surface area contributed by atoms with Gasteiger partial charge in [0.25, 0.3) is 0 Å². The highest BCUT2D eigenvalue weighted by atomic mass is 15.1. The van der Waals surface area contributed by atoms with Crippen LogP contribution in [0.3, 0.4) is 0 Å². The molecule has 4 heterocycles. The molecule has 1 aliphatic rings. The highest BCUT2D eigenvalue weighted by molar-refractivity contribution is 5.94. The van der Waals surface area contributed by atoms with Crippen LogP contribution in [0.1, 0.15) is 12.0 Å². The third-order valence-corrected chi connectivity index (χ3v) is 4.47. The van der Waals surface area contributed by atoms with Crippen molar-refractivity contribution in [3.05, 3.63) is 42.4 Å². The fourth-order valence-electron chi connectivity index (χ4n) is 3.11. The lowest BCUT2D eigenvalue weighted by Gasteiger charge is -2.13. The van der Waals surface area contributed by atoms with Gasteiger partial charge in [-0.05, 0) is 49.0 Å². The molecule has 1 atom stereocenters. The van der Waals surface area contributed by atoms with Crippen molar-refractivity contribution in [2.45, 2.75) is 19.4 Å². The Morgan fingerprint density at radius 1 is 1.29 bits per heavy atom. The molecule has 122 valence electrons. The van der Waals surface area contributed by atoms with Gasteiger partial charge in [-0.15, -0.1) is 0 Å². The molecule has 0 amide bonds. The number of nitrogen functional groups attached to an aromatic ring is 1. The first-order valence-electron chi connectivity index (χ1n) is 8.15. The zero-order valence-corrected chi connectivity index (χ0v) is 13.6. The Morgan fingerprint density at radius 3 is 3.00 bits per heavy atom. The minimum Gasteiger partial charge on any atom is -0.383 e. The number of nitrogens with zero attached hydrogens (tertiary/aromatic N) is 3. The van der Waals surface area contributed by atoms with Crippen LogP contribution in [-0.2, 0) is 0 Å². The minimum atomic E-state index is 0.425. The smallest absolute Gasteiger partial charge is 0.133 e. The zero-order chi connectivity index (χ0) is 16.5. The lowest BCUT2D eigenvalue weighted by molar-refractivity contribution is 0.788. The van der Waals surface area contributed by atoms with E-state index in [1.54, 1.807) is 12.4 Å². The van der Waals surface area contributed by atoms with Crippen LogP contribution in [-0.4, -0.2) is 34.1 Å². The number of pyridine rings is 3. The first-order valence-corrected chi connectivity index (χ1v) is 8.15. The molecule has 3 aromatic rings. The second-order valence-corrected chi connectivity index (χ2v) is 6.21. The predicted molar refractivity (Wildman–Crippen MR) is 96.8 cm³/mol. The van der Waals surface area contributed by atoms with Gasteiger partial charge in [-0.1, -0.05) is 0 Å². The quantitative estimate of drug-likeness (QED) is 0.686. The van der Waals surface area contributed by atoms with Crippen molar-refractivity contribution in [3.63, 3.8) is 0 Å². The number of aryl methyl sites for hydroxylation is 1. The lowest BCUT2D eigenvalue weighted by Crippen LogP contribution is -2.22. The molecule has 0 saturated carbocycles. The van der Waals surface area contributed by atoms with Crippen LogP contribution in [0, 0.1) is 6.92 Å². The van der Waals surface area contributed by atoms with Gasteiger partial charge >= 0.3 is 0 Å². The molecule has 0 aromatic carbocycles. The molecule has 0 bridgehead atoms. The molecule has 1 fully saturated rings. The van der Waals surface area contributed by atoms with E-state index in [-0.39, 0.29) is 0 Å². The number of rotatable bonds is 3. The average Bonchev–Trinajstić information content (AvgIpc) is 3.08. The summed E-state index contributed by atoms with van der Waals surface area (Å²) in [6, 6.07) is 6.49. The maximum atomic E-state index is 6.16. The Labute approximate surface area is 140 Å². The van der Waals surface area contributed by atoms with Crippen molar-refractivity contribution in [2.24, 2.45) is 0 Å². The highest BCUT2D eigenvalue weighted by Crippen LogP contribution is 2.28. The summed E-state index contributed by atoms with van der Waals surface area (Å²) >= 11 is 0. The van der Waals surface area contributed by atoms with Crippen molar-refractivity contribution in [3.8, 4) is 11.3 Å². The monoisotopic (exact) mass is 320 g/mol. The van der Waals surface area contributed by atoms with E-state index in [0.29, 0.717) is 11.9 Å². The zero-order valence-electron chi connectivity index (χ0n) is 13.6. The van der Waals surface area contributed by atoms with E-state index in [1.165, 1.54) is 0 Å². The normalized spacial score (nSPS) is 17.3. The van der Waals surface area contributed by atoms with E-state index in [2.05, 4.69) is 31.7 Å². The summed E-state index contributed by atoms with van der Waals surface area (Å²) in [5, 5.41) is 8.73. The van der Waals surface area contributed by atoms with Crippen LogP contribution in [0.15, 0.2) is 36.8 Å². The summed E-state index contributed by atoms with van der Waals surface area (Å²) in [5.41, 5.74) is 9.12. The lowest BCUT2D eigenvalue weighted by atomic mass is 10.1. The third-order valence-electron chi connectivity index (χ3n) is 4.47. The Hall–Kier alpha value is -2.73. The number of hydrogen-bond donors (Lipinski definition) is 3. The summed E-state index contributed by atoms with van der Waals surface area (Å²) in [4.78, 5) is 13.2. The van der Waals surface area contributed by atoms with Gasteiger partial charge in [0.05, 0.1) is 5.69 Å². The van der Waals surface area contributed by atoms with E-state index < -0.39 is 0 Å². The SMILES string of the molecule is Cc1ccncc1-c1cc2cc(NC3CCNC3)ncc2c(N)n1. The van der Waals surface area contributed by atoms with E-state index >= 15 is 0 Å². The van der Waals surface area contributed by atoms with Crippen LogP contribution in [0.5, 0.6) is 0 Å². The van der Waals surface area contributed by atoms with E-state index in [1.807, 2.05) is 25.3 Å². The Kier molecular flexibility index (Phi) is 3.74. The fourth-order valence-corrected chi connectivity index (χ4v) is 3.11. The van der Waals surface area contributed by atoms with Gasteiger partial charge in [0.2, 0.25) is 0 Å². The molecule has 1 aliphatic heterocycles. The van der Waals surface area contributed by atoms with Gasteiger partial charge in [-0.3, -0.25) is 4.98 Å². The van der Waals surface area contributed by atoms with Crippen molar-refractivity contribution < 1.29 is 0 Å². The van der Waals surface area contributed by atoms with Crippen LogP contribution in [0.2, 0.25) is 0 Å². The first kappa shape index (κ1) is 14.8. The molecule has 0 spiro atoms. The maximum absolute atomic E-state index is 6.16. The molecule has 0 radical (unpaired) electrons. The molecule has 24 heavy (non-hydrogen) atoms. The van der Waals surface area contributed by atoms with Gasteiger partial charge < -0.3 is 16.4 Å². The molecular formula is C18H20N6. The second-order valence-electron chi connectivity index (χ2n) is 6.21. The molecule has 6 nitrogen and oxygen atoms in total. The van der Waals surface area contributed by atoms with Gasteiger partial charge in [0.1, 0.15) is 11.6 Å². The number of hydrogen-bond acceptors (Lipinski definition) is 6. The Balaban J connectivity index is 1.76. The summed E-state index contributed by atoms with van der Waals surface area (Å²) in [5.74, 6) is 1.36. The third kappa shape index (κ3) is 2.76. The number of nitrogens with one attached hydrogen (secondary N) is 2. The molecular weight excluding hydrogens is 300 g/mol. The first-order chi connectivity index (χ1) is 11.7. The molecule has 4 N–H and O–H groups in total. The number of aromatic nitrogens is 3. The van der Waals surface area contributed by atoms with Gasteiger partial charge in [0.15, 0.2) is 0 Å². The number of nitrogens with two attached hydrogens (primary N) is 1. The van der Waals surface area contributed by atoms with Crippen molar-refractivity contribution >= 4 is 22.4 Å². The molecule has 1 unspecified atom stereocenters. The van der Waals surface area contributed by atoms with E-state index in [9.17, 15) is 0 Å². The standard InChI is InChI=1S/C18H20N6/c1-11-2-4-21-9-14(11)16-6-12-7-17(23-13-3-5-20-8-13)22-10-15(12)18(19)24-16/h2,4,6-7,9-10,13,20H,3,5,8H2,1H3,(H2,19,24)(H,22,23). The minimum absolute atomic E-state index is 0.425. The maximum Gasteiger partial charge on any atom is 0.133 e. The Morgan fingerprint density at radius 2 is 2.21 bits per heavy atom. The van der Waals surface area contributed by atoms with Crippen LogP contribution in [0.4, 0.5) is 11.6 Å². The van der Waals surface area contributed by atoms with Gasteiger partial charge in [-0.2, -0.15) is 0 Å². The van der Waals surface area contributed by atoms with E-state index in [4.69, 9.17) is 5.73 Å². The summed E-state index contributed by atoms with van der Waals surface area (Å²) in [6.45, 7) is 4.07. The van der Waals surface area contributed by atoms with Crippen LogP contribution >= 0.6 is 0 Å². The largest absolute Gasteiger partial charge is 0.383 e. The second kappa shape index (κ2) is 6.05. The molecule has 6 heteroatoms. The van der Waals surface area contributed by atoms with E-state index in [0.717, 1.165) is 52.9 Å². The Bertz CT molecular complexity index is 886.